The molecule has 1 heterocycles. The van der Waals surface area contributed by atoms with E-state index in [9.17, 15) is 4.79 Å². The highest BCUT2D eigenvalue weighted by Crippen LogP contribution is 2.26. The average molecular weight is 351 g/mol. The number of carbonyl (C=O) groups is 1. The third-order valence-electron chi connectivity index (χ3n) is 3.65. The van der Waals surface area contributed by atoms with Crippen molar-refractivity contribution in [2.24, 2.45) is 7.05 Å². The first kappa shape index (κ1) is 15.8. The summed E-state index contributed by atoms with van der Waals surface area (Å²) in [6.07, 6.45) is 0.839. The lowest BCUT2D eigenvalue weighted by Gasteiger charge is -2.06. The number of halogens is 1. The Balaban J connectivity index is 2.10. The second-order valence-electron chi connectivity index (χ2n) is 5.13. The minimum Gasteiger partial charge on any atom is -0.496 e. The largest absolute Gasteiger partial charge is 0.496 e. The molecule has 0 spiro atoms. The number of ether oxygens (including phenoxy) is 1. The molecular formula is C16H19BrN2O2. The molecular weight excluding hydrogens is 332 g/mol. The summed E-state index contributed by atoms with van der Waals surface area (Å²) >= 11 is 3.44. The minimum absolute atomic E-state index is 0.186. The molecule has 1 aromatic heterocycles. The van der Waals surface area contributed by atoms with E-state index in [0.717, 1.165) is 32.7 Å². The molecule has 0 saturated carbocycles. The first-order valence-corrected chi connectivity index (χ1v) is 7.55. The summed E-state index contributed by atoms with van der Waals surface area (Å²) in [5.41, 5.74) is 4.00. The molecule has 0 aliphatic heterocycles. The number of ketones is 1. The molecule has 0 unspecified atom stereocenters. The molecule has 0 amide bonds. The Morgan fingerprint density at radius 3 is 2.57 bits per heavy atom. The maximum atomic E-state index is 12.3. The van der Waals surface area contributed by atoms with Crippen LogP contribution in [-0.4, -0.2) is 22.7 Å². The molecule has 0 aliphatic rings. The lowest BCUT2D eigenvalue weighted by atomic mass is 10.0. The number of rotatable bonds is 5. The average Bonchev–Trinajstić information content (AvgIpc) is 2.65. The molecule has 112 valence electrons. The second-order valence-corrected chi connectivity index (χ2v) is 5.99. The third kappa shape index (κ3) is 3.53. The van der Waals surface area contributed by atoms with Gasteiger partial charge in [0, 0.05) is 31.1 Å². The first-order valence-electron chi connectivity index (χ1n) is 6.75. The summed E-state index contributed by atoms with van der Waals surface area (Å²) in [5.74, 6) is 0.955. The zero-order chi connectivity index (χ0) is 15.6. The minimum atomic E-state index is 0.186. The molecule has 0 bridgehead atoms. The van der Waals surface area contributed by atoms with Crippen molar-refractivity contribution in [2.75, 3.05) is 7.11 Å². The molecule has 2 aromatic rings. The Hall–Kier alpha value is -1.62. The molecule has 4 nitrogen and oxygen atoms in total. The number of aryl methyl sites for hydroxylation is 2. The Bertz CT molecular complexity index is 677. The van der Waals surface area contributed by atoms with Crippen molar-refractivity contribution < 1.29 is 9.53 Å². The zero-order valence-corrected chi connectivity index (χ0v) is 14.3. The number of Topliss-reactive ketones (excluding diaryl/α,β-unsaturated/α-hetero) is 1. The number of hydrogen-bond acceptors (Lipinski definition) is 3. The quantitative estimate of drug-likeness (QED) is 0.831. The first-order chi connectivity index (χ1) is 9.92. The number of carbonyl (C=O) groups excluding carboxylic acids is 1. The molecule has 5 heteroatoms. The van der Waals surface area contributed by atoms with E-state index >= 15 is 0 Å². The molecule has 21 heavy (non-hydrogen) atoms. The molecule has 0 fully saturated rings. The maximum absolute atomic E-state index is 12.3. The summed E-state index contributed by atoms with van der Waals surface area (Å²) in [7, 11) is 3.52. The fourth-order valence-corrected chi connectivity index (χ4v) is 2.97. The topological polar surface area (TPSA) is 44.1 Å². The predicted molar refractivity (Wildman–Crippen MR) is 85.8 cm³/mol. The van der Waals surface area contributed by atoms with Gasteiger partial charge in [-0.1, -0.05) is 6.07 Å². The normalized spacial score (nSPS) is 10.7. The van der Waals surface area contributed by atoms with E-state index < -0.39 is 0 Å². The van der Waals surface area contributed by atoms with Gasteiger partial charge in [-0.2, -0.15) is 5.10 Å². The zero-order valence-electron chi connectivity index (χ0n) is 12.7. The second kappa shape index (κ2) is 6.43. The van der Waals surface area contributed by atoms with Gasteiger partial charge in [0.2, 0.25) is 0 Å². The Morgan fingerprint density at radius 1 is 1.33 bits per heavy atom. The van der Waals surface area contributed by atoms with Gasteiger partial charge >= 0.3 is 0 Å². The van der Waals surface area contributed by atoms with Crippen LogP contribution in [0.2, 0.25) is 0 Å². The molecule has 0 atom stereocenters. The Labute approximate surface area is 133 Å². The van der Waals surface area contributed by atoms with Gasteiger partial charge in [0.25, 0.3) is 0 Å². The van der Waals surface area contributed by atoms with Crippen LogP contribution in [0.3, 0.4) is 0 Å². The van der Waals surface area contributed by atoms with Crippen LogP contribution in [0.25, 0.3) is 0 Å². The van der Waals surface area contributed by atoms with Crippen LogP contribution in [0, 0.1) is 13.8 Å². The highest BCUT2D eigenvalue weighted by Gasteiger charge is 2.14. The van der Waals surface area contributed by atoms with Crippen molar-refractivity contribution in [2.45, 2.75) is 26.7 Å². The summed E-state index contributed by atoms with van der Waals surface area (Å²) in [4.78, 5) is 12.3. The van der Waals surface area contributed by atoms with E-state index in [0.29, 0.717) is 12.8 Å². The molecule has 1 aromatic carbocycles. The van der Waals surface area contributed by atoms with Crippen LogP contribution in [0.5, 0.6) is 5.75 Å². The molecule has 0 N–H and O–H groups in total. The summed E-state index contributed by atoms with van der Waals surface area (Å²) in [6, 6.07) is 5.72. The van der Waals surface area contributed by atoms with Crippen LogP contribution < -0.4 is 4.74 Å². The molecule has 2 rings (SSSR count). The highest BCUT2D eigenvalue weighted by atomic mass is 79.9. The van der Waals surface area contributed by atoms with Crippen LogP contribution in [0.1, 0.15) is 22.5 Å². The van der Waals surface area contributed by atoms with Gasteiger partial charge in [0.05, 0.1) is 17.3 Å². The van der Waals surface area contributed by atoms with Crippen LogP contribution in [0.4, 0.5) is 0 Å². The third-order valence-corrected chi connectivity index (χ3v) is 4.27. The van der Waals surface area contributed by atoms with Gasteiger partial charge in [0.1, 0.15) is 11.5 Å². The summed E-state index contributed by atoms with van der Waals surface area (Å²) < 4.78 is 7.88. The van der Waals surface area contributed by atoms with Gasteiger partial charge in [-0.25, -0.2) is 0 Å². The molecule has 0 radical (unpaired) electrons. The van der Waals surface area contributed by atoms with Gasteiger partial charge in [0.15, 0.2) is 0 Å². The van der Waals surface area contributed by atoms with E-state index in [2.05, 4.69) is 21.0 Å². The number of methoxy groups -OCH3 is 1. The smallest absolute Gasteiger partial charge is 0.141 e. The van der Waals surface area contributed by atoms with Gasteiger partial charge < -0.3 is 4.74 Å². The van der Waals surface area contributed by atoms with Crippen molar-refractivity contribution in [1.82, 2.24) is 9.78 Å². The lowest BCUT2D eigenvalue weighted by molar-refractivity contribution is -0.117. The standard InChI is InChI=1S/C16H19BrN2O2/c1-10-14(11(2)19(3)18-10)9-13(20)7-12-5-6-16(21-4)15(17)8-12/h5-6,8H,7,9H2,1-4H3. The van der Waals surface area contributed by atoms with Crippen LogP contribution >= 0.6 is 15.9 Å². The molecule has 0 saturated heterocycles. The number of aromatic nitrogens is 2. The monoisotopic (exact) mass is 350 g/mol. The molecule has 0 aliphatic carbocycles. The van der Waals surface area contributed by atoms with Gasteiger partial charge in [-0.05, 0) is 47.5 Å². The fraction of sp³-hybridized carbons (Fsp3) is 0.375. The predicted octanol–water partition coefficient (Wildman–Crippen LogP) is 3.16. The van der Waals surface area contributed by atoms with Crippen molar-refractivity contribution in [1.29, 1.82) is 0 Å². The van der Waals surface area contributed by atoms with Crippen molar-refractivity contribution in [3.8, 4) is 5.75 Å². The Morgan fingerprint density at radius 2 is 2.05 bits per heavy atom. The SMILES string of the molecule is COc1ccc(CC(=O)Cc2c(C)nn(C)c2C)cc1Br. The van der Waals surface area contributed by atoms with Gasteiger partial charge in [-0.15, -0.1) is 0 Å². The van der Waals surface area contributed by atoms with E-state index in [1.54, 1.807) is 7.11 Å². The van der Waals surface area contributed by atoms with Crippen molar-refractivity contribution in [3.63, 3.8) is 0 Å². The summed E-state index contributed by atoms with van der Waals surface area (Å²) in [6.45, 7) is 3.94. The lowest BCUT2D eigenvalue weighted by Crippen LogP contribution is -2.08. The van der Waals surface area contributed by atoms with E-state index in [1.165, 1.54) is 0 Å². The fourth-order valence-electron chi connectivity index (χ4n) is 2.38. The number of benzene rings is 1. The van der Waals surface area contributed by atoms with Crippen molar-refractivity contribution in [3.05, 3.63) is 45.2 Å². The number of hydrogen-bond donors (Lipinski definition) is 0. The Kier molecular flexibility index (Phi) is 4.83. The summed E-state index contributed by atoms with van der Waals surface area (Å²) in [5, 5.41) is 4.35. The van der Waals surface area contributed by atoms with Crippen molar-refractivity contribution >= 4 is 21.7 Å². The van der Waals surface area contributed by atoms with Crippen LogP contribution in [0.15, 0.2) is 22.7 Å². The maximum Gasteiger partial charge on any atom is 0.141 e. The van der Waals surface area contributed by atoms with E-state index in [4.69, 9.17) is 4.74 Å². The van der Waals surface area contributed by atoms with Crippen LogP contribution in [-0.2, 0) is 24.7 Å². The highest BCUT2D eigenvalue weighted by molar-refractivity contribution is 9.10. The van der Waals surface area contributed by atoms with Gasteiger partial charge in [-0.3, -0.25) is 9.48 Å². The number of nitrogens with zero attached hydrogens (tertiary/aromatic N) is 2. The van der Waals surface area contributed by atoms with E-state index in [1.807, 2.05) is 43.8 Å². The van der Waals surface area contributed by atoms with E-state index in [-0.39, 0.29) is 5.78 Å².